The molecule has 0 bridgehead atoms. The van der Waals surface area contributed by atoms with Crippen LogP contribution in [0, 0.1) is 6.92 Å². The molecular formula is C19H16N4O3. The minimum absolute atomic E-state index is 0.197. The fraction of sp³-hybridized carbons (Fsp3) is 0.158. The molecule has 0 saturated heterocycles. The van der Waals surface area contributed by atoms with E-state index in [1.165, 1.54) is 0 Å². The number of carbonyl (C=O) groups excluding carboxylic acids is 1. The van der Waals surface area contributed by atoms with E-state index >= 15 is 0 Å². The maximum absolute atomic E-state index is 12.2. The van der Waals surface area contributed by atoms with Crippen LogP contribution in [0.5, 0.6) is 0 Å². The second kappa shape index (κ2) is 6.44. The molecule has 7 nitrogen and oxygen atoms in total. The molecule has 1 unspecified atom stereocenters. The van der Waals surface area contributed by atoms with Crippen LogP contribution in [0.2, 0.25) is 0 Å². The molecule has 130 valence electrons. The van der Waals surface area contributed by atoms with E-state index in [-0.39, 0.29) is 5.91 Å². The third kappa shape index (κ3) is 3.06. The smallest absolute Gasteiger partial charge is 0.251 e. The van der Waals surface area contributed by atoms with Crippen LogP contribution in [0.3, 0.4) is 0 Å². The van der Waals surface area contributed by atoms with Crippen LogP contribution >= 0.6 is 0 Å². The Kier molecular flexibility index (Phi) is 3.96. The summed E-state index contributed by atoms with van der Waals surface area (Å²) in [5, 5.41) is 6.85. The molecule has 26 heavy (non-hydrogen) atoms. The van der Waals surface area contributed by atoms with Crippen molar-refractivity contribution in [3.8, 4) is 11.4 Å². The molecule has 0 spiro atoms. The monoisotopic (exact) mass is 348 g/mol. The van der Waals surface area contributed by atoms with E-state index in [0.29, 0.717) is 28.8 Å². The standard InChI is InChI=1S/C19H16N4O3/c1-11(20-18(24)13-6-4-3-5-7-13)19-22-17(23-26-19)14-8-9-16-15(10-14)21-12(2)25-16/h3-11H,1-2H3,(H,20,24). The van der Waals surface area contributed by atoms with Crippen molar-refractivity contribution in [1.29, 1.82) is 0 Å². The highest BCUT2D eigenvalue weighted by molar-refractivity contribution is 5.94. The van der Waals surface area contributed by atoms with Gasteiger partial charge < -0.3 is 14.3 Å². The van der Waals surface area contributed by atoms with Gasteiger partial charge in [0.05, 0.1) is 0 Å². The van der Waals surface area contributed by atoms with Gasteiger partial charge >= 0.3 is 0 Å². The van der Waals surface area contributed by atoms with Crippen LogP contribution in [-0.2, 0) is 0 Å². The summed E-state index contributed by atoms with van der Waals surface area (Å²) in [6.45, 7) is 3.59. The van der Waals surface area contributed by atoms with Gasteiger partial charge in [0.2, 0.25) is 11.7 Å². The van der Waals surface area contributed by atoms with Gasteiger partial charge in [-0.2, -0.15) is 4.98 Å². The van der Waals surface area contributed by atoms with E-state index in [0.717, 1.165) is 11.1 Å². The summed E-state index contributed by atoms with van der Waals surface area (Å²) < 4.78 is 10.8. The van der Waals surface area contributed by atoms with Crippen LogP contribution in [-0.4, -0.2) is 21.0 Å². The Bertz CT molecular complexity index is 1070. The molecule has 0 aliphatic carbocycles. The van der Waals surface area contributed by atoms with E-state index < -0.39 is 6.04 Å². The minimum Gasteiger partial charge on any atom is -0.441 e. The van der Waals surface area contributed by atoms with Crippen molar-refractivity contribution in [3.05, 3.63) is 65.9 Å². The molecule has 0 fully saturated rings. The first-order chi connectivity index (χ1) is 12.6. The fourth-order valence-electron chi connectivity index (χ4n) is 2.64. The second-order valence-electron chi connectivity index (χ2n) is 5.93. The van der Waals surface area contributed by atoms with Gasteiger partial charge in [-0.1, -0.05) is 23.4 Å². The van der Waals surface area contributed by atoms with Crippen molar-refractivity contribution < 1.29 is 13.7 Å². The highest BCUT2D eigenvalue weighted by Crippen LogP contribution is 2.24. The molecule has 0 aliphatic heterocycles. The van der Waals surface area contributed by atoms with Gasteiger partial charge in [0.25, 0.3) is 5.91 Å². The Morgan fingerprint density at radius 3 is 2.73 bits per heavy atom. The lowest BCUT2D eigenvalue weighted by Gasteiger charge is -2.09. The highest BCUT2D eigenvalue weighted by Gasteiger charge is 2.18. The zero-order valence-corrected chi connectivity index (χ0v) is 14.3. The van der Waals surface area contributed by atoms with Crippen LogP contribution in [0.1, 0.15) is 35.1 Å². The van der Waals surface area contributed by atoms with E-state index in [9.17, 15) is 4.79 Å². The van der Waals surface area contributed by atoms with Gasteiger partial charge in [-0.25, -0.2) is 4.98 Å². The quantitative estimate of drug-likeness (QED) is 0.604. The molecule has 1 N–H and O–H groups in total. The van der Waals surface area contributed by atoms with Gasteiger partial charge in [-0.15, -0.1) is 0 Å². The lowest BCUT2D eigenvalue weighted by atomic mass is 10.2. The number of oxazole rings is 1. The number of aryl methyl sites for hydroxylation is 1. The second-order valence-corrected chi connectivity index (χ2v) is 5.93. The summed E-state index contributed by atoms with van der Waals surface area (Å²) in [6.07, 6.45) is 0. The maximum Gasteiger partial charge on any atom is 0.251 e. The van der Waals surface area contributed by atoms with Gasteiger partial charge in [0, 0.05) is 18.1 Å². The Hall–Kier alpha value is -3.48. The summed E-state index contributed by atoms with van der Waals surface area (Å²) in [7, 11) is 0. The number of carbonyl (C=O) groups is 1. The number of hydrogen-bond acceptors (Lipinski definition) is 6. The van der Waals surface area contributed by atoms with Crippen LogP contribution in [0.25, 0.3) is 22.5 Å². The first-order valence-corrected chi connectivity index (χ1v) is 8.17. The zero-order valence-electron chi connectivity index (χ0n) is 14.3. The summed E-state index contributed by atoms with van der Waals surface area (Å²) in [5.74, 6) is 1.17. The van der Waals surface area contributed by atoms with Crippen LogP contribution in [0.4, 0.5) is 0 Å². The van der Waals surface area contributed by atoms with Crippen molar-refractivity contribution in [2.75, 3.05) is 0 Å². The molecule has 0 radical (unpaired) electrons. The minimum atomic E-state index is -0.415. The maximum atomic E-state index is 12.2. The Morgan fingerprint density at radius 1 is 1.12 bits per heavy atom. The molecule has 0 saturated carbocycles. The van der Waals surface area contributed by atoms with Crippen LogP contribution < -0.4 is 5.32 Å². The molecule has 2 heterocycles. The number of nitrogens with one attached hydrogen (secondary N) is 1. The SMILES string of the molecule is Cc1nc2cc(-c3noc(C(C)NC(=O)c4ccccc4)n3)ccc2o1. The number of hydrogen-bond donors (Lipinski definition) is 1. The number of rotatable bonds is 4. The fourth-order valence-corrected chi connectivity index (χ4v) is 2.64. The van der Waals surface area contributed by atoms with Crippen molar-refractivity contribution in [2.45, 2.75) is 19.9 Å². The Balaban J connectivity index is 1.53. The summed E-state index contributed by atoms with van der Waals surface area (Å²) in [5.41, 5.74) is 2.78. The largest absolute Gasteiger partial charge is 0.441 e. The normalized spacial score (nSPS) is 12.2. The summed E-state index contributed by atoms with van der Waals surface area (Å²) in [4.78, 5) is 20.9. The number of amides is 1. The molecule has 7 heteroatoms. The van der Waals surface area contributed by atoms with Gasteiger partial charge in [-0.05, 0) is 37.3 Å². The Morgan fingerprint density at radius 2 is 1.92 bits per heavy atom. The number of aromatic nitrogens is 3. The average Bonchev–Trinajstić information content (AvgIpc) is 3.27. The van der Waals surface area contributed by atoms with E-state index in [2.05, 4.69) is 20.4 Å². The molecule has 1 amide bonds. The zero-order chi connectivity index (χ0) is 18.1. The lowest BCUT2D eigenvalue weighted by Crippen LogP contribution is -2.26. The van der Waals surface area contributed by atoms with Gasteiger partial charge in [-0.3, -0.25) is 4.79 Å². The van der Waals surface area contributed by atoms with E-state index in [4.69, 9.17) is 8.94 Å². The molecule has 1 atom stereocenters. The predicted molar refractivity (Wildman–Crippen MR) is 94.4 cm³/mol. The number of fused-ring (bicyclic) bond motifs is 1. The molecule has 2 aromatic heterocycles. The third-order valence-electron chi connectivity index (χ3n) is 3.95. The number of benzene rings is 2. The van der Waals surface area contributed by atoms with Crippen molar-refractivity contribution in [2.24, 2.45) is 0 Å². The summed E-state index contributed by atoms with van der Waals surface area (Å²) in [6, 6.07) is 14.1. The number of nitrogens with zero attached hydrogens (tertiary/aromatic N) is 3. The van der Waals surface area contributed by atoms with Crippen molar-refractivity contribution in [1.82, 2.24) is 20.4 Å². The van der Waals surface area contributed by atoms with E-state index in [1.54, 1.807) is 26.0 Å². The molecular weight excluding hydrogens is 332 g/mol. The predicted octanol–water partition coefficient (Wildman–Crippen LogP) is 3.68. The first kappa shape index (κ1) is 16.0. The van der Waals surface area contributed by atoms with E-state index in [1.807, 2.05) is 36.4 Å². The first-order valence-electron chi connectivity index (χ1n) is 8.17. The van der Waals surface area contributed by atoms with Gasteiger partial charge in [0.15, 0.2) is 11.5 Å². The van der Waals surface area contributed by atoms with Crippen molar-refractivity contribution >= 4 is 17.0 Å². The van der Waals surface area contributed by atoms with Crippen molar-refractivity contribution in [3.63, 3.8) is 0 Å². The van der Waals surface area contributed by atoms with Crippen LogP contribution in [0.15, 0.2) is 57.5 Å². The highest BCUT2D eigenvalue weighted by atomic mass is 16.5. The molecule has 2 aromatic carbocycles. The molecule has 0 aliphatic rings. The molecule has 4 aromatic rings. The average molecular weight is 348 g/mol. The lowest BCUT2D eigenvalue weighted by molar-refractivity contribution is 0.0932. The summed E-state index contributed by atoms with van der Waals surface area (Å²) >= 11 is 0. The topological polar surface area (TPSA) is 94.1 Å². The molecule has 4 rings (SSSR count). The third-order valence-corrected chi connectivity index (χ3v) is 3.95. The Labute approximate surface area is 149 Å². The van der Waals surface area contributed by atoms with Gasteiger partial charge in [0.1, 0.15) is 11.6 Å².